The fourth-order valence-corrected chi connectivity index (χ4v) is 6.60. The third-order valence-electron chi connectivity index (χ3n) is 7.17. The number of nitrogens with two attached hydrogens (primary N) is 1. The number of methoxy groups -OCH3 is 1. The van der Waals surface area contributed by atoms with Crippen LogP contribution in [0.3, 0.4) is 0 Å². The van der Waals surface area contributed by atoms with Crippen molar-refractivity contribution in [2.45, 2.75) is 44.3 Å². The number of fused-ring (bicyclic) bond motifs is 1. The number of rotatable bonds is 7. The molecule has 1 aliphatic carbocycles. The average molecular weight is 551 g/mol. The molecule has 38 heavy (non-hydrogen) atoms. The molecule has 0 bridgehead atoms. The molecule has 198 valence electrons. The standard InChI is InChI=1S/C29H29ClN3O4S/c1-37-25-14-9-18(15-24(25)19-5-4-6-22(16-19)33(35)36)17-32(21-12-10-20(31)11-13-21)29(34)28-27(30)23-7-2-3-8-26(23)38-28/h2-9,14-16,20-21,35H,10-13,17,31H2,1H3/q-1. The predicted molar refractivity (Wildman–Crippen MR) is 153 cm³/mol. The third-order valence-corrected chi connectivity index (χ3v) is 8.83. The highest BCUT2D eigenvalue weighted by Gasteiger charge is 2.31. The number of carbonyl (C=O) groups excluding carboxylic acids is 1. The van der Waals surface area contributed by atoms with Gasteiger partial charge in [0.15, 0.2) is 0 Å². The zero-order chi connectivity index (χ0) is 26.8. The van der Waals surface area contributed by atoms with Crippen LogP contribution < -0.4 is 15.7 Å². The van der Waals surface area contributed by atoms with Crippen LogP contribution in [0.5, 0.6) is 5.75 Å². The van der Waals surface area contributed by atoms with Crippen molar-refractivity contribution in [2.75, 3.05) is 12.3 Å². The van der Waals surface area contributed by atoms with E-state index in [0.29, 0.717) is 27.8 Å². The van der Waals surface area contributed by atoms with Gasteiger partial charge in [-0.1, -0.05) is 48.0 Å². The highest BCUT2D eigenvalue weighted by Crippen LogP contribution is 2.38. The first kappa shape index (κ1) is 26.5. The lowest BCUT2D eigenvalue weighted by Crippen LogP contribution is -2.43. The lowest BCUT2D eigenvalue weighted by atomic mass is 9.90. The van der Waals surface area contributed by atoms with Crippen LogP contribution >= 0.6 is 22.9 Å². The van der Waals surface area contributed by atoms with E-state index in [-0.39, 0.29) is 28.9 Å². The van der Waals surface area contributed by atoms with E-state index in [9.17, 15) is 15.2 Å². The number of hydrogen-bond acceptors (Lipinski definition) is 7. The number of nitrogens with zero attached hydrogens (tertiary/aromatic N) is 2. The molecule has 1 fully saturated rings. The minimum absolute atomic E-state index is 0.0425. The molecule has 1 aliphatic rings. The van der Waals surface area contributed by atoms with Gasteiger partial charge in [-0.2, -0.15) is 0 Å². The van der Waals surface area contributed by atoms with Gasteiger partial charge in [-0.15, -0.1) is 11.3 Å². The molecule has 1 aromatic heterocycles. The first-order valence-electron chi connectivity index (χ1n) is 12.5. The van der Waals surface area contributed by atoms with Crippen molar-refractivity contribution in [3.8, 4) is 16.9 Å². The summed E-state index contributed by atoms with van der Waals surface area (Å²) in [6.45, 7) is 0.383. The summed E-state index contributed by atoms with van der Waals surface area (Å²) in [6.07, 6.45) is 3.39. The molecule has 5 rings (SSSR count). The molecule has 1 saturated carbocycles. The molecule has 3 aromatic carbocycles. The number of amides is 1. The zero-order valence-corrected chi connectivity index (χ0v) is 22.5. The highest BCUT2D eigenvalue weighted by atomic mass is 35.5. The first-order valence-corrected chi connectivity index (χ1v) is 13.7. The Labute approximate surface area is 230 Å². The lowest BCUT2D eigenvalue weighted by molar-refractivity contribution is 0.0611. The SMILES string of the molecule is COc1ccc(CN(C(=O)c2sc3ccccc3c2Cl)C2CCC(N)CC2)cc1-c1cccc(N([O-])O)c1. The molecule has 1 heterocycles. The van der Waals surface area contributed by atoms with Crippen molar-refractivity contribution >= 4 is 44.6 Å². The summed E-state index contributed by atoms with van der Waals surface area (Å²) >= 11 is 8.14. The average Bonchev–Trinajstić information content (AvgIpc) is 3.28. The van der Waals surface area contributed by atoms with Gasteiger partial charge in [-0.3, -0.25) is 10.0 Å². The zero-order valence-electron chi connectivity index (χ0n) is 21.0. The maximum absolute atomic E-state index is 14.0. The molecule has 9 heteroatoms. The summed E-state index contributed by atoms with van der Waals surface area (Å²) in [4.78, 5) is 16.5. The highest BCUT2D eigenvalue weighted by molar-refractivity contribution is 7.21. The van der Waals surface area contributed by atoms with Crippen molar-refractivity contribution in [3.63, 3.8) is 0 Å². The van der Waals surface area contributed by atoms with E-state index in [1.165, 1.54) is 17.4 Å². The van der Waals surface area contributed by atoms with E-state index in [2.05, 4.69) is 0 Å². The molecule has 0 unspecified atom stereocenters. The molecule has 0 radical (unpaired) electrons. The molecule has 1 amide bonds. The lowest BCUT2D eigenvalue weighted by Gasteiger charge is -2.36. The minimum atomic E-state index is -0.164. The van der Waals surface area contributed by atoms with Crippen molar-refractivity contribution in [2.24, 2.45) is 5.73 Å². The van der Waals surface area contributed by atoms with Gasteiger partial charge in [0.2, 0.25) is 0 Å². The summed E-state index contributed by atoms with van der Waals surface area (Å²) < 4.78 is 6.57. The van der Waals surface area contributed by atoms with Crippen molar-refractivity contribution < 1.29 is 14.7 Å². The van der Waals surface area contributed by atoms with Crippen LogP contribution in [0.2, 0.25) is 5.02 Å². The summed E-state index contributed by atoms with van der Waals surface area (Å²) in [5, 5.41) is 22.1. The summed E-state index contributed by atoms with van der Waals surface area (Å²) in [5.74, 6) is 0.536. The van der Waals surface area contributed by atoms with E-state index in [1.807, 2.05) is 53.4 Å². The maximum atomic E-state index is 14.0. The molecule has 3 N–H and O–H groups in total. The molecular weight excluding hydrogens is 522 g/mol. The predicted octanol–water partition coefficient (Wildman–Crippen LogP) is 6.84. The number of ether oxygens (including phenoxy) is 1. The Morgan fingerprint density at radius 3 is 2.58 bits per heavy atom. The molecule has 7 nitrogen and oxygen atoms in total. The Morgan fingerprint density at radius 1 is 1.11 bits per heavy atom. The number of hydrogen-bond donors (Lipinski definition) is 2. The smallest absolute Gasteiger partial charge is 0.266 e. The van der Waals surface area contributed by atoms with E-state index in [4.69, 9.17) is 22.1 Å². The third kappa shape index (κ3) is 5.36. The van der Waals surface area contributed by atoms with Gasteiger partial charge in [0.25, 0.3) is 5.91 Å². The molecule has 4 aromatic rings. The molecular formula is C29H29ClN3O4S-. The van der Waals surface area contributed by atoms with Crippen molar-refractivity contribution in [3.05, 3.63) is 87.4 Å². The van der Waals surface area contributed by atoms with Gasteiger partial charge < -0.3 is 25.8 Å². The van der Waals surface area contributed by atoms with Crippen LogP contribution in [0.4, 0.5) is 5.69 Å². The fourth-order valence-electron chi connectivity index (χ4n) is 5.13. The second-order valence-corrected chi connectivity index (χ2v) is 11.0. The summed E-state index contributed by atoms with van der Waals surface area (Å²) in [6, 6.07) is 20.4. The number of halogens is 1. The van der Waals surface area contributed by atoms with Crippen LogP contribution in [0.25, 0.3) is 21.2 Å². The Kier molecular flexibility index (Phi) is 7.88. The van der Waals surface area contributed by atoms with E-state index < -0.39 is 0 Å². The van der Waals surface area contributed by atoms with E-state index in [0.717, 1.165) is 46.9 Å². The molecule has 0 aliphatic heterocycles. The topological polar surface area (TPSA) is 102 Å². The first-order chi connectivity index (χ1) is 18.4. The van der Waals surface area contributed by atoms with Gasteiger partial charge >= 0.3 is 0 Å². The Bertz CT molecular complexity index is 1450. The van der Waals surface area contributed by atoms with Crippen LogP contribution in [-0.2, 0) is 6.54 Å². The second-order valence-electron chi connectivity index (χ2n) is 9.60. The van der Waals surface area contributed by atoms with Gasteiger partial charge in [0, 0.05) is 34.3 Å². The van der Waals surface area contributed by atoms with Crippen LogP contribution in [-0.4, -0.2) is 35.2 Å². The largest absolute Gasteiger partial charge is 0.733 e. The van der Waals surface area contributed by atoms with Gasteiger partial charge in [-0.25, -0.2) is 0 Å². The van der Waals surface area contributed by atoms with E-state index in [1.54, 1.807) is 19.2 Å². The Morgan fingerprint density at radius 2 is 1.87 bits per heavy atom. The molecule has 0 spiro atoms. The minimum Gasteiger partial charge on any atom is -0.733 e. The normalized spacial score (nSPS) is 17.4. The summed E-state index contributed by atoms with van der Waals surface area (Å²) in [5.41, 5.74) is 8.68. The Hall–Kier alpha value is -3.14. The molecule has 0 saturated heterocycles. The monoisotopic (exact) mass is 550 g/mol. The van der Waals surface area contributed by atoms with Gasteiger partial charge in [-0.05, 0) is 67.1 Å². The quantitative estimate of drug-likeness (QED) is 0.244. The summed E-state index contributed by atoms with van der Waals surface area (Å²) in [7, 11) is 1.58. The number of thiophene rings is 1. The fraction of sp³-hybridized carbons (Fsp3) is 0.276. The number of carbonyl (C=O) groups is 1. The van der Waals surface area contributed by atoms with Crippen molar-refractivity contribution in [1.82, 2.24) is 4.90 Å². The van der Waals surface area contributed by atoms with Gasteiger partial charge in [0.05, 0.1) is 17.8 Å². The Balaban J connectivity index is 1.52. The number of benzene rings is 3. The van der Waals surface area contributed by atoms with Crippen LogP contribution in [0.15, 0.2) is 66.7 Å². The van der Waals surface area contributed by atoms with Crippen LogP contribution in [0, 0.1) is 5.21 Å². The van der Waals surface area contributed by atoms with E-state index >= 15 is 0 Å². The van der Waals surface area contributed by atoms with Crippen molar-refractivity contribution in [1.29, 1.82) is 0 Å². The number of anilines is 1. The maximum Gasteiger partial charge on any atom is 0.266 e. The molecule has 0 atom stereocenters. The second kappa shape index (κ2) is 11.3. The van der Waals surface area contributed by atoms with Crippen LogP contribution in [0.1, 0.15) is 40.9 Å². The van der Waals surface area contributed by atoms with Gasteiger partial charge in [0.1, 0.15) is 10.6 Å².